The minimum Gasteiger partial charge on any atom is -0.376 e. The van der Waals surface area contributed by atoms with E-state index in [0.717, 1.165) is 12.1 Å². The molecule has 2 aromatic rings. The van der Waals surface area contributed by atoms with Gasteiger partial charge in [0.2, 0.25) is 5.91 Å². The Morgan fingerprint density at radius 3 is 2.38 bits per heavy atom. The monoisotopic (exact) mass is 340 g/mol. The van der Waals surface area contributed by atoms with Crippen molar-refractivity contribution in [2.75, 3.05) is 24.3 Å². The maximum absolute atomic E-state index is 13.6. The molecular weight excluding hydrogens is 324 g/mol. The molecule has 0 aromatic heterocycles. The van der Waals surface area contributed by atoms with Crippen molar-refractivity contribution in [3.05, 3.63) is 59.4 Å². The molecule has 0 aliphatic heterocycles. The minimum atomic E-state index is -4.52. The maximum atomic E-state index is 13.6. The van der Waals surface area contributed by atoms with Crippen LogP contribution in [-0.4, -0.2) is 20.0 Å². The van der Waals surface area contributed by atoms with Gasteiger partial charge in [0.25, 0.3) is 0 Å². The molecule has 0 fully saturated rings. The summed E-state index contributed by atoms with van der Waals surface area (Å²) in [6.45, 7) is 0. The fourth-order valence-corrected chi connectivity index (χ4v) is 2.21. The second-order valence-electron chi connectivity index (χ2n) is 5.44. The smallest absolute Gasteiger partial charge is 0.376 e. The molecule has 2 aromatic carbocycles. The first-order chi connectivity index (χ1) is 11.2. The molecule has 2 rings (SSSR count). The van der Waals surface area contributed by atoms with Crippen molar-refractivity contribution in [1.82, 2.24) is 0 Å². The number of hydrogen-bond acceptors (Lipinski definition) is 2. The predicted octanol–water partition coefficient (Wildman–Crippen LogP) is 4.09. The van der Waals surface area contributed by atoms with Gasteiger partial charge in [-0.2, -0.15) is 13.2 Å². The number of nitrogens with zero attached hydrogens (tertiary/aromatic N) is 1. The first-order valence-electron chi connectivity index (χ1n) is 7.10. The lowest BCUT2D eigenvalue weighted by Gasteiger charge is -2.20. The molecule has 0 aliphatic carbocycles. The van der Waals surface area contributed by atoms with Gasteiger partial charge in [0, 0.05) is 14.1 Å². The molecule has 0 atom stereocenters. The molecular formula is C17H16F4N2O. The van der Waals surface area contributed by atoms with Crippen molar-refractivity contribution in [2.45, 2.75) is 12.6 Å². The number of rotatable bonds is 4. The number of benzene rings is 2. The lowest BCUT2D eigenvalue weighted by molar-refractivity contribution is -0.137. The number of halogens is 4. The van der Waals surface area contributed by atoms with Crippen LogP contribution in [0.3, 0.4) is 0 Å². The Bertz CT molecular complexity index is 742. The zero-order chi connectivity index (χ0) is 17.9. The minimum absolute atomic E-state index is 0.0242. The Balaban J connectivity index is 2.26. The molecule has 0 saturated heterocycles. The van der Waals surface area contributed by atoms with E-state index in [-0.39, 0.29) is 17.7 Å². The number of anilines is 2. The first kappa shape index (κ1) is 17.8. The number of carbonyl (C=O) groups excluding carboxylic acids is 1. The molecule has 0 radical (unpaired) electrons. The number of alkyl halides is 3. The van der Waals surface area contributed by atoms with Gasteiger partial charge in [-0.15, -0.1) is 0 Å². The average Bonchev–Trinajstić information content (AvgIpc) is 2.48. The topological polar surface area (TPSA) is 32.3 Å². The fourth-order valence-electron chi connectivity index (χ4n) is 2.21. The molecule has 1 N–H and O–H groups in total. The first-order valence-corrected chi connectivity index (χ1v) is 7.10. The Kier molecular flexibility index (Phi) is 5.11. The van der Waals surface area contributed by atoms with Gasteiger partial charge in [-0.3, -0.25) is 4.79 Å². The summed E-state index contributed by atoms with van der Waals surface area (Å²) in [7, 11) is 3.30. The van der Waals surface area contributed by atoms with Gasteiger partial charge in [-0.05, 0) is 29.8 Å². The van der Waals surface area contributed by atoms with E-state index in [1.165, 1.54) is 24.3 Å². The summed E-state index contributed by atoms with van der Waals surface area (Å²) in [5.74, 6) is -1.13. The van der Waals surface area contributed by atoms with Crippen molar-refractivity contribution in [1.29, 1.82) is 0 Å². The SMILES string of the molecule is CN(C)c1ccc(C(F)(F)F)cc1NC(=O)Cc1ccccc1F. The van der Waals surface area contributed by atoms with Crippen LogP contribution < -0.4 is 10.2 Å². The van der Waals surface area contributed by atoms with Crippen molar-refractivity contribution >= 4 is 17.3 Å². The van der Waals surface area contributed by atoms with E-state index in [1.54, 1.807) is 25.1 Å². The Morgan fingerprint density at radius 2 is 1.79 bits per heavy atom. The summed E-state index contributed by atoms with van der Waals surface area (Å²) < 4.78 is 52.2. The summed E-state index contributed by atoms with van der Waals surface area (Å²) in [4.78, 5) is 13.7. The molecule has 3 nitrogen and oxygen atoms in total. The van der Waals surface area contributed by atoms with Crippen LogP contribution in [0.4, 0.5) is 28.9 Å². The third-order valence-corrected chi connectivity index (χ3v) is 3.39. The summed E-state index contributed by atoms with van der Waals surface area (Å²) in [6, 6.07) is 8.85. The zero-order valence-corrected chi connectivity index (χ0v) is 13.1. The highest BCUT2D eigenvalue weighted by Gasteiger charge is 2.31. The third kappa shape index (κ3) is 4.24. The highest BCUT2D eigenvalue weighted by molar-refractivity contribution is 5.95. The number of hydrogen-bond donors (Lipinski definition) is 1. The Labute approximate surface area is 136 Å². The van der Waals surface area contributed by atoms with Crippen molar-refractivity contribution in [3.63, 3.8) is 0 Å². The van der Waals surface area contributed by atoms with Crippen LogP contribution in [0.25, 0.3) is 0 Å². The van der Waals surface area contributed by atoms with E-state index in [0.29, 0.717) is 5.69 Å². The fraction of sp³-hybridized carbons (Fsp3) is 0.235. The molecule has 128 valence electrons. The summed E-state index contributed by atoms with van der Waals surface area (Å²) >= 11 is 0. The van der Waals surface area contributed by atoms with Crippen LogP contribution in [0.5, 0.6) is 0 Å². The average molecular weight is 340 g/mol. The second kappa shape index (κ2) is 6.90. The van der Waals surface area contributed by atoms with E-state index in [2.05, 4.69) is 5.32 Å². The van der Waals surface area contributed by atoms with Gasteiger partial charge in [-0.1, -0.05) is 18.2 Å². The van der Waals surface area contributed by atoms with Crippen LogP contribution in [0.1, 0.15) is 11.1 Å². The third-order valence-electron chi connectivity index (χ3n) is 3.39. The molecule has 0 aliphatic rings. The largest absolute Gasteiger partial charge is 0.416 e. The molecule has 0 spiro atoms. The van der Waals surface area contributed by atoms with Gasteiger partial charge < -0.3 is 10.2 Å². The second-order valence-corrected chi connectivity index (χ2v) is 5.44. The Morgan fingerprint density at radius 1 is 1.12 bits per heavy atom. The van der Waals surface area contributed by atoms with Crippen LogP contribution in [-0.2, 0) is 17.4 Å². The number of nitrogens with one attached hydrogen (secondary N) is 1. The van der Waals surface area contributed by atoms with Crippen molar-refractivity contribution in [3.8, 4) is 0 Å². The van der Waals surface area contributed by atoms with Gasteiger partial charge in [0.05, 0.1) is 23.4 Å². The standard InChI is InChI=1S/C17H16F4N2O/c1-23(2)15-8-7-12(17(19,20)21)10-14(15)22-16(24)9-11-5-3-4-6-13(11)18/h3-8,10H,9H2,1-2H3,(H,22,24). The zero-order valence-electron chi connectivity index (χ0n) is 13.1. The number of amides is 1. The summed E-state index contributed by atoms with van der Waals surface area (Å²) in [6.07, 6.45) is -4.79. The van der Waals surface area contributed by atoms with E-state index in [1.807, 2.05) is 0 Å². The van der Waals surface area contributed by atoms with Gasteiger partial charge in [0.1, 0.15) is 5.82 Å². The van der Waals surface area contributed by atoms with Crippen molar-refractivity contribution < 1.29 is 22.4 Å². The van der Waals surface area contributed by atoms with Crippen LogP contribution in [0.2, 0.25) is 0 Å². The lowest BCUT2D eigenvalue weighted by Crippen LogP contribution is -2.19. The highest BCUT2D eigenvalue weighted by atomic mass is 19.4. The molecule has 7 heteroatoms. The summed E-state index contributed by atoms with van der Waals surface area (Å²) in [5, 5.41) is 2.43. The van der Waals surface area contributed by atoms with E-state index >= 15 is 0 Å². The van der Waals surface area contributed by atoms with Gasteiger partial charge in [0.15, 0.2) is 0 Å². The van der Waals surface area contributed by atoms with E-state index in [4.69, 9.17) is 0 Å². The maximum Gasteiger partial charge on any atom is 0.416 e. The molecule has 0 saturated carbocycles. The number of carbonyl (C=O) groups is 1. The van der Waals surface area contributed by atoms with E-state index < -0.39 is 23.5 Å². The van der Waals surface area contributed by atoms with Crippen LogP contribution in [0, 0.1) is 5.82 Å². The lowest BCUT2D eigenvalue weighted by atomic mass is 10.1. The Hall–Kier alpha value is -2.57. The van der Waals surface area contributed by atoms with Crippen molar-refractivity contribution in [2.24, 2.45) is 0 Å². The molecule has 0 unspecified atom stereocenters. The molecule has 0 heterocycles. The van der Waals surface area contributed by atoms with Crippen LogP contribution >= 0.6 is 0 Å². The summed E-state index contributed by atoms with van der Waals surface area (Å²) in [5.41, 5.74) is -0.247. The quantitative estimate of drug-likeness (QED) is 0.850. The van der Waals surface area contributed by atoms with E-state index in [9.17, 15) is 22.4 Å². The van der Waals surface area contributed by atoms with Gasteiger partial charge in [-0.25, -0.2) is 4.39 Å². The van der Waals surface area contributed by atoms with Gasteiger partial charge >= 0.3 is 6.18 Å². The van der Waals surface area contributed by atoms with Crippen LogP contribution in [0.15, 0.2) is 42.5 Å². The highest BCUT2D eigenvalue weighted by Crippen LogP contribution is 2.35. The molecule has 1 amide bonds. The predicted molar refractivity (Wildman–Crippen MR) is 84.5 cm³/mol. The molecule has 24 heavy (non-hydrogen) atoms. The molecule has 0 bridgehead atoms. The normalized spacial score (nSPS) is 11.2.